The highest BCUT2D eigenvalue weighted by Crippen LogP contribution is 2.34. The smallest absolute Gasteiger partial charge is 0.153 e. The molecule has 1 N–H and O–H groups in total. The molecule has 4 heteroatoms. The van der Waals surface area contributed by atoms with Crippen LogP contribution in [0.3, 0.4) is 0 Å². The van der Waals surface area contributed by atoms with Crippen LogP contribution < -0.4 is 0 Å². The summed E-state index contributed by atoms with van der Waals surface area (Å²) in [7, 11) is 0. The van der Waals surface area contributed by atoms with Gasteiger partial charge in [0.2, 0.25) is 0 Å². The molecule has 0 saturated carbocycles. The zero-order valence-electron chi connectivity index (χ0n) is 5.84. The molecule has 1 aromatic rings. The van der Waals surface area contributed by atoms with Gasteiger partial charge >= 0.3 is 0 Å². The molecule has 0 aliphatic carbocycles. The third-order valence-corrected chi connectivity index (χ3v) is 2.29. The normalized spacial score (nSPS) is 9.64. The number of rotatable bonds is 1. The summed E-state index contributed by atoms with van der Waals surface area (Å²) in [4.78, 5) is 10.2. The standard InChI is InChI=1S/C7H6BrNO2/c1-4-5(8)2-3-6(10)7(4)9-11/h2-3,10H,1H3. The SMILES string of the molecule is Cc1c(Br)ccc(O)c1N=O. The van der Waals surface area contributed by atoms with E-state index in [1.807, 2.05) is 0 Å². The Hall–Kier alpha value is -0.900. The number of nitroso groups, excluding NO2 is 1. The van der Waals surface area contributed by atoms with Gasteiger partial charge in [0.15, 0.2) is 5.69 Å². The first-order chi connectivity index (χ1) is 5.16. The summed E-state index contributed by atoms with van der Waals surface area (Å²) in [5.74, 6) is -0.0827. The van der Waals surface area contributed by atoms with E-state index in [4.69, 9.17) is 5.11 Å². The monoisotopic (exact) mass is 215 g/mol. The van der Waals surface area contributed by atoms with E-state index in [-0.39, 0.29) is 11.4 Å². The molecule has 1 rings (SSSR count). The van der Waals surface area contributed by atoms with Crippen molar-refractivity contribution in [3.8, 4) is 5.75 Å². The van der Waals surface area contributed by atoms with Gasteiger partial charge in [0.1, 0.15) is 5.75 Å². The van der Waals surface area contributed by atoms with Crippen LogP contribution in [0.2, 0.25) is 0 Å². The van der Waals surface area contributed by atoms with Crippen LogP contribution in [0.4, 0.5) is 5.69 Å². The summed E-state index contributed by atoms with van der Waals surface area (Å²) in [5, 5.41) is 11.8. The van der Waals surface area contributed by atoms with Crippen molar-refractivity contribution < 1.29 is 5.11 Å². The van der Waals surface area contributed by atoms with E-state index < -0.39 is 0 Å². The van der Waals surface area contributed by atoms with Gasteiger partial charge in [-0.1, -0.05) is 15.9 Å². The van der Waals surface area contributed by atoms with Crippen molar-refractivity contribution in [3.63, 3.8) is 0 Å². The highest BCUT2D eigenvalue weighted by Gasteiger charge is 2.07. The maximum absolute atomic E-state index is 10.2. The Morgan fingerprint density at radius 2 is 2.18 bits per heavy atom. The lowest BCUT2D eigenvalue weighted by molar-refractivity contribution is 0.476. The number of hydrogen-bond donors (Lipinski definition) is 1. The van der Waals surface area contributed by atoms with Crippen molar-refractivity contribution in [2.75, 3.05) is 0 Å². The van der Waals surface area contributed by atoms with E-state index in [1.165, 1.54) is 6.07 Å². The molecule has 0 aliphatic rings. The number of aromatic hydroxyl groups is 1. The summed E-state index contributed by atoms with van der Waals surface area (Å²) in [6.45, 7) is 1.71. The van der Waals surface area contributed by atoms with E-state index in [2.05, 4.69) is 21.1 Å². The average molecular weight is 216 g/mol. The number of halogens is 1. The Balaban J connectivity index is 3.40. The van der Waals surface area contributed by atoms with Crippen LogP contribution in [0.25, 0.3) is 0 Å². The number of benzene rings is 1. The second kappa shape index (κ2) is 3.00. The Morgan fingerprint density at radius 3 is 2.64 bits per heavy atom. The van der Waals surface area contributed by atoms with Gasteiger partial charge in [0.25, 0.3) is 0 Å². The quantitative estimate of drug-likeness (QED) is 0.733. The molecule has 11 heavy (non-hydrogen) atoms. The van der Waals surface area contributed by atoms with E-state index in [0.717, 1.165) is 4.47 Å². The summed E-state index contributed by atoms with van der Waals surface area (Å²) >= 11 is 3.21. The fourth-order valence-corrected chi connectivity index (χ4v) is 1.10. The Labute approximate surface area is 72.2 Å². The molecule has 0 bridgehead atoms. The number of phenols is 1. The molecule has 0 aliphatic heterocycles. The molecule has 0 amide bonds. The van der Waals surface area contributed by atoms with Gasteiger partial charge in [-0.05, 0) is 29.8 Å². The minimum atomic E-state index is -0.0827. The first kappa shape index (κ1) is 8.20. The van der Waals surface area contributed by atoms with Crippen molar-refractivity contribution >= 4 is 21.6 Å². The summed E-state index contributed by atoms with van der Waals surface area (Å²) in [6, 6.07) is 3.09. The molecule has 0 fully saturated rings. The third kappa shape index (κ3) is 1.40. The lowest BCUT2D eigenvalue weighted by Gasteiger charge is -2.01. The topological polar surface area (TPSA) is 49.7 Å². The van der Waals surface area contributed by atoms with Crippen molar-refractivity contribution in [1.82, 2.24) is 0 Å². The van der Waals surface area contributed by atoms with Crippen LogP contribution in [0, 0.1) is 11.8 Å². The van der Waals surface area contributed by atoms with Crippen LogP contribution in [0.15, 0.2) is 21.8 Å². The second-order valence-corrected chi connectivity index (χ2v) is 2.99. The predicted octanol–water partition coefficient (Wildman–Crippen LogP) is 2.86. The maximum atomic E-state index is 10.2. The largest absolute Gasteiger partial charge is 0.506 e. The number of phenolic OH excluding ortho intramolecular Hbond substituents is 1. The summed E-state index contributed by atoms with van der Waals surface area (Å²) in [5.41, 5.74) is 0.749. The molecule has 0 atom stereocenters. The Bertz CT molecular complexity index is 299. The molecule has 0 unspecified atom stereocenters. The molecule has 0 saturated heterocycles. The Kier molecular flexibility index (Phi) is 2.24. The third-order valence-electron chi connectivity index (χ3n) is 1.43. The molecule has 0 heterocycles. The highest BCUT2D eigenvalue weighted by atomic mass is 79.9. The summed E-state index contributed by atoms with van der Waals surface area (Å²) in [6.07, 6.45) is 0. The first-order valence-corrected chi connectivity index (χ1v) is 3.77. The van der Waals surface area contributed by atoms with Crippen LogP contribution in [0.5, 0.6) is 5.75 Å². The molecule has 1 aromatic carbocycles. The molecule has 0 spiro atoms. The predicted molar refractivity (Wildman–Crippen MR) is 46.0 cm³/mol. The van der Waals surface area contributed by atoms with Crippen molar-refractivity contribution in [1.29, 1.82) is 0 Å². The van der Waals surface area contributed by atoms with Gasteiger partial charge in [-0.3, -0.25) is 0 Å². The molecule has 0 aromatic heterocycles. The van der Waals surface area contributed by atoms with Gasteiger partial charge in [-0.2, -0.15) is 0 Å². The Morgan fingerprint density at radius 1 is 1.55 bits per heavy atom. The van der Waals surface area contributed by atoms with Crippen molar-refractivity contribution in [2.45, 2.75) is 6.92 Å². The van der Waals surface area contributed by atoms with Crippen LogP contribution in [-0.2, 0) is 0 Å². The minimum Gasteiger partial charge on any atom is -0.506 e. The zero-order valence-corrected chi connectivity index (χ0v) is 7.42. The number of nitrogens with zero attached hydrogens (tertiary/aromatic N) is 1. The second-order valence-electron chi connectivity index (χ2n) is 2.13. The van der Waals surface area contributed by atoms with Crippen LogP contribution in [0.1, 0.15) is 5.56 Å². The maximum Gasteiger partial charge on any atom is 0.153 e. The van der Waals surface area contributed by atoms with E-state index in [1.54, 1.807) is 13.0 Å². The minimum absolute atomic E-state index is 0.0827. The van der Waals surface area contributed by atoms with Crippen molar-refractivity contribution in [2.24, 2.45) is 5.18 Å². The van der Waals surface area contributed by atoms with Gasteiger partial charge < -0.3 is 5.11 Å². The average Bonchev–Trinajstić information content (AvgIpc) is 1.99. The molecular weight excluding hydrogens is 210 g/mol. The van der Waals surface area contributed by atoms with E-state index in [0.29, 0.717) is 5.56 Å². The fourth-order valence-electron chi connectivity index (χ4n) is 0.776. The van der Waals surface area contributed by atoms with Gasteiger partial charge in [-0.25, -0.2) is 0 Å². The van der Waals surface area contributed by atoms with Gasteiger partial charge in [-0.15, -0.1) is 4.91 Å². The van der Waals surface area contributed by atoms with E-state index >= 15 is 0 Å². The lowest BCUT2D eigenvalue weighted by Crippen LogP contribution is -1.76. The van der Waals surface area contributed by atoms with Gasteiger partial charge in [0, 0.05) is 4.47 Å². The van der Waals surface area contributed by atoms with Crippen molar-refractivity contribution in [3.05, 3.63) is 27.1 Å². The summed E-state index contributed by atoms with van der Waals surface area (Å²) < 4.78 is 0.768. The molecule has 58 valence electrons. The van der Waals surface area contributed by atoms with Gasteiger partial charge in [0.05, 0.1) is 0 Å². The molecule has 0 radical (unpaired) electrons. The first-order valence-electron chi connectivity index (χ1n) is 2.98. The van der Waals surface area contributed by atoms with Crippen LogP contribution in [-0.4, -0.2) is 5.11 Å². The number of hydrogen-bond acceptors (Lipinski definition) is 3. The fraction of sp³-hybridized carbons (Fsp3) is 0.143. The van der Waals surface area contributed by atoms with E-state index in [9.17, 15) is 4.91 Å². The lowest BCUT2D eigenvalue weighted by atomic mass is 10.2. The molecule has 3 nitrogen and oxygen atoms in total. The van der Waals surface area contributed by atoms with Crippen LogP contribution >= 0.6 is 15.9 Å². The zero-order chi connectivity index (χ0) is 8.43. The highest BCUT2D eigenvalue weighted by molar-refractivity contribution is 9.10. The molecular formula is C7H6BrNO2.